The van der Waals surface area contributed by atoms with E-state index in [2.05, 4.69) is 5.32 Å². The van der Waals surface area contributed by atoms with Crippen LogP contribution in [-0.2, 0) is 9.59 Å². The molecule has 8 heteroatoms. The Morgan fingerprint density at radius 2 is 1.66 bits per heavy atom. The van der Waals surface area contributed by atoms with Crippen LogP contribution in [-0.4, -0.2) is 38.3 Å². The zero-order valence-electron chi connectivity index (χ0n) is 16.4. The first kappa shape index (κ1) is 20.3. The normalized spacial score (nSPS) is 15.4. The van der Waals surface area contributed by atoms with Crippen molar-refractivity contribution in [2.75, 3.05) is 26.2 Å². The Morgan fingerprint density at radius 3 is 2.28 bits per heavy atom. The van der Waals surface area contributed by atoms with Gasteiger partial charge >= 0.3 is 0 Å². The average molecular weight is 412 g/mol. The Balaban J connectivity index is 2.12. The number of nitrogens with one attached hydrogen (secondary N) is 1. The highest BCUT2D eigenvalue weighted by Crippen LogP contribution is 2.40. The van der Waals surface area contributed by atoms with Crippen LogP contribution >= 0.6 is 12.2 Å². The summed E-state index contributed by atoms with van der Waals surface area (Å²) < 4.78 is 16.1. The van der Waals surface area contributed by atoms with Gasteiger partial charge in [0.1, 0.15) is 5.57 Å². The molecule has 0 radical (unpaired) electrons. The van der Waals surface area contributed by atoms with E-state index in [0.29, 0.717) is 28.5 Å². The number of hydrogen-bond donors (Lipinski definition) is 1. The molecule has 2 aromatic rings. The van der Waals surface area contributed by atoms with E-state index in [1.54, 1.807) is 24.3 Å². The third-order valence-corrected chi connectivity index (χ3v) is 4.78. The number of ether oxygens (including phenoxy) is 3. The van der Waals surface area contributed by atoms with Gasteiger partial charge in [0.05, 0.1) is 27.0 Å². The number of hydrogen-bond acceptors (Lipinski definition) is 6. The molecule has 3 rings (SSSR count). The molecular formula is C21H20N2O5S. The second kappa shape index (κ2) is 8.32. The summed E-state index contributed by atoms with van der Waals surface area (Å²) in [6.45, 7) is 1.86. The minimum absolute atomic E-state index is 0.0331. The van der Waals surface area contributed by atoms with Gasteiger partial charge in [-0.3, -0.25) is 19.8 Å². The fourth-order valence-electron chi connectivity index (χ4n) is 3.08. The first-order chi connectivity index (χ1) is 13.9. The van der Waals surface area contributed by atoms with Crippen molar-refractivity contribution >= 4 is 40.9 Å². The first-order valence-corrected chi connectivity index (χ1v) is 9.09. The maximum Gasteiger partial charge on any atom is 0.270 e. The van der Waals surface area contributed by atoms with Crippen molar-refractivity contribution in [3.05, 3.63) is 53.1 Å². The summed E-state index contributed by atoms with van der Waals surface area (Å²) in [5.41, 5.74) is 1.86. The summed E-state index contributed by atoms with van der Waals surface area (Å²) in [6, 6.07) is 10.6. The van der Waals surface area contributed by atoms with Crippen LogP contribution in [0, 0.1) is 6.92 Å². The van der Waals surface area contributed by atoms with E-state index >= 15 is 0 Å². The van der Waals surface area contributed by atoms with E-state index in [9.17, 15) is 9.59 Å². The van der Waals surface area contributed by atoms with Crippen molar-refractivity contribution < 1.29 is 23.8 Å². The van der Waals surface area contributed by atoms with Gasteiger partial charge in [-0.15, -0.1) is 0 Å². The van der Waals surface area contributed by atoms with Crippen LogP contribution in [0.3, 0.4) is 0 Å². The summed E-state index contributed by atoms with van der Waals surface area (Å²) in [5.74, 6) is 0.0648. The lowest BCUT2D eigenvalue weighted by atomic mass is 10.0. The third-order valence-electron chi connectivity index (χ3n) is 4.49. The molecular weight excluding hydrogens is 392 g/mol. The van der Waals surface area contributed by atoms with Crippen LogP contribution < -0.4 is 24.4 Å². The third kappa shape index (κ3) is 3.66. The summed E-state index contributed by atoms with van der Waals surface area (Å²) >= 11 is 5.25. The van der Waals surface area contributed by atoms with Crippen LogP contribution in [0.4, 0.5) is 5.69 Å². The van der Waals surface area contributed by atoms with Gasteiger partial charge in [0.25, 0.3) is 11.8 Å². The van der Waals surface area contributed by atoms with Crippen molar-refractivity contribution in [3.63, 3.8) is 0 Å². The van der Waals surface area contributed by atoms with Gasteiger partial charge in [-0.25, -0.2) is 0 Å². The molecule has 0 unspecified atom stereocenters. The number of para-hydroxylation sites is 1. The van der Waals surface area contributed by atoms with Crippen LogP contribution in [0.25, 0.3) is 6.08 Å². The number of aryl methyl sites for hydroxylation is 1. The minimum atomic E-state index is -0.582. The van der Waals surface area contributed by atoms with E-state index in [-0.39, 0.29) is 10.7 Å². The molecule has 1 fully saturated rings. The molecule has 0 spiro atoms. The molecule has 0 aliphatic carbocycles. The lowest BCUT2D eigenvalue weighted by Crippen LogP contribution is -2.54. The largest absolute Gasteiger partial charge is 0.493 e. The molecule has 0 atom stereocenters. The number of carbonyl (C=O) groups excluding carboxylic acids is 2. The van der Waals surface area contributed by atoms with Gasteiger partial charge in [-0.2, -0.15) is 0 Å². The van der Waals surface area contributed by atoms with Gasteiger partial charge in [-0.1, -0.05) is 18.2 Å². The first-order valence-electron chi connectivity index (χ1n) is 8.69. The van der Waals surface area contributed by atoms with E-state index in [4.69, 9.17) is 26.4 Å². The van der Waals surface area contributed by atoms with Crippen LogP contribution in [0.15, 0.2) is 42.0 Å². The molecule has 0 aromatic heterocycles. The maximum absolute atomic E-state index is 13.2. The fraction of sp³-hybridized carbons (Fsp3) is 0.190. The molecule has 1 N–H and O–H groups in total. The number of benzene rings is 2. The molecule has 150 valence electrons. The highest BCUT2D eigenvalue weighted by molar-refractivity contribution is 7.80. The van der Waals surface area contributed by atoms with E-state index in [0.717, 1.165) is 5.56 Å². The molecule has 0 saturated carbocycles. The maximum atomic E-state index is 13.2. The lowest BCUT2D eigenvalue weighted by molar-refractivity contribution is -0.122. The average Bonchev–Trinajstić information content (AvgIpc) is 2.71. The van der Waals surface area contributed by atoms with Crippen molar-refractivity contribution in [2.24, 2.45) is 0 Å². The highest BCUT2D eigenvalue weighted by atomic mass is 32.1. The predicted octanol–water partition coefficient (Wildman–Crippen LogP) is 2.85. The number of thiocarbonyl (C=S) groups is 1. The van der Waals surface area contributed by atoms with Gasteiger partial charge in [0, 0.05) is 5.56 Å². The smallest absolute Gasteiger partial charge is 0.270 e. The molecule has 0 bridgehead atoms. The van der Waals surface area contributed by atoms with Crippen LogP contribution in [0.1, 0.15) is 11.1 Å². The van der Waals surface area contributed by atoms with E-state index < -0.39 is 11.8 Å². The van der Waals surface area contributed by atoms with Gasteiger partial charge in [-0.05, 0) is 49.0 Å². The molecule has 2 amide bonds. The van der Waals surface area contributed by atoms with Crippen molar-refractivity contribution in [1.29, 1.82) is 0 Å². The Kier molecular flexibility index (Phi) is 5.84. The van der Waals surface area contributed by atoms with Crippen molar-refractivity contribution in [3.8, 4) is 17.2 Å². The molecule has 29 heavy (non-hydrogen) atoms. The monoisotopic (exact) mass is 412 g/mol. The number of nitrogens with zero attached hydrogens (tertiary/aromatic N) is 1. The van der Waals surface area contributed by atoms with Crippen LogP contribution in [0.5, 0.6) is 17.2 Å². The standard InChI is InChI=1S/C21H20N2O5S/c1-12-7-5-6-8-15(12)23-20(25)14(19(24)22-21(23)29)11-13-9-10-16(26-2)18(28-4)17(13)27-3/h5-11H,1-4H3,(H,22,24,29). The minimum Gasteiger partial charge on any atom is -0.493 e. The molecule has 2 aromatic carbocycles. The Morgan fingerprint density at radius 1 is 0.966 bits per heavy atom. The van der Waals surface area contributed by atoms with E-state index in [1.165, 1.54) is 32.3 Å². The Hall–Kier alpha value is -3.39. The lowest BCUT2D eigenvalue weighted by Gasteiger charge is -2.30. The number of amides is 2. The Labute approximate surface area is 173 Å². The molecule has 1 aliphatic heterocycles. The second-order valence-corrected chi connectivity index (χ2v) is 6.55. The summed E-state index contributed by atoms with van der Waals surface area (Å²) in [7, 11) is 4.46. The number of anilines is 1. The van der Waals surface area contributed by atoms with Crippen molar-refractivity contribution in [1.82, 2.24) is 5.32 Å². The van der Waals surface area contributed by atoms with Gasteiger partial charge < -0.3 is 14.2 Å². The number of rotatable bonds is 5. The Bertz CT molecular complexity index is 1030. The quantitative estimate of drug-likeness (QED) is 0.462. The summed E-state index contributed by atoms with van der Waals surface area (Å²) in [6.07, 6.45) is 1.45. The predicted molar refractivity (Wildman–Crippen MR) is 113 cm³/mol. The number of carbonyl (C=O) groups is 2. The molecule has 1 saturated heterocycles. The zero-order chi connectivity index (χ0) is 21.1. The second-order valence-electron chi connectivity index (χ2n) is 6.17. The van der Waals surface area contributed by atoms with Gasteiger partial charge in [0.15, 0.2) is 16.6 Å². The SMILES string of the molecule is COc1ccc(C=C2C(=O)NC(=S)N(c3ccccc3C)C2=O)c(OC)c1OC. The number of methoxy groups -OCH3 is 3. The van der Waals surface area contributed by atoms with Gasteiger partial charge in [0.2, 0.25) is 5.75 Å². The zero-order valence-corrected chi connectivity index (χ0v) is 17.3. The van der Waals surface area contributed by atoms with Crippen molar-refractivity contribution in [2.45, 2.75) is 6.92 Å². The topological polar surface area (TPSA) is 77.1 Å². The summed E-state index contributed by atoms with van der Waals surface area (Å²) in [4.78, 5) is 27.1. The van der Waals surface area contributed by atoms with Crippen LogP contribution in [0.2, 0.25) is 0 Å². The molecule has 1 heterocycles. The molecule has 1 aliphatic rings. The highest BCUT2D eigenvalue weighted by Gasteiger charge is 2.35. The van der Waals surface area contributed by atoms with E-state index in [1.807, 2.05) is 19.1 Å². The molecule has 7 nitrogen and oxygen atoms in total. The summed E-state index contributed by atoms with van der Waals surface area (Å²) in [5, 5.41) is 2.61. The fourth-order valence-corrected chi connectivity index (χ4v) is 3.36.